The van der Waals surface area contributed by atoms with Crippen molar-refractivity contribution in [2.24, 2.45) is 0 Å². The number of hydrazine groups is 1. The molecule has 0 bridgehead atoms. The highest BCUT2D eigenvalue weighted by atomic mass is 16.2. The molecule has 0 atom stereocenters. The van der Waals surface area contributed by atoms with E-state index in [2.05, 4.69) is 10.7 Å². The smallest absolute Gasteiger partial charge is 0.299 e. The molecule has 0 aromatic heterocycles. The number of nitrogens with zero attached hydrogens (tertiary/aromatic N) is 1. The summed E-state index contributed by atoms with van der Waals surface area (Å²) in [5.41, 5.74) is 3.32. The Morgan fingerprint density at radius 3 is 2.73 bits per heavy atom. The normalized spacial score (nSPS) is 18.4. The molecule has 0 saturated heterocycles. The quantitative estimate of drug-likeness (QED) is 0.499. The van der Waals surface area contributed by atoms with Crippen LogP contribution in [0.5, 0.6) is 0 Å². The van der Waals surface area contributed by atoms with E-state index in [1.807, 2.05) is 0 Å². The maximum Gasteiger partial charge on any atom is 0.342 e. The van der Waals surface area contributed by atoms with E-state index >= 15 is 0 Å². The molecule has 5 nitrogen and oxygen atoms in total. The SMILES string of the molecule is CC1=CC(=O)NC(=O)N(C)N1. The third kappa shape index (κ3) is 1.70. The van der Waals surface area contributed by atoms with Crippen LogP contribution in [-0.2, 0) is 4.79 Å². The molecule has 11 heavy (non-hydrogen) atoms. The lowest BCUT2D eigenvalue weighted by Crippen LogP contribution is -2.43. The first-order valence-corrected chi connectivity index (χ1v) is 3.13. The van der Waals surface area contributed by atoms with Gasteiger partial charge in [-0.2, -0.15) is 0 Å². The van der Waals surface area contributed by atoms with E-state index in [1.54, 1.807) is 6.92 Å². The van der Waals surface area contributed by atoms with Gasteiger partial charge in [0.2, 0.25) is 0 Å². The number of carbonyl (C=O) groups excluding carboxylic acids is 2. The van der Waals surface area contributed by atoms with Crippen molar-refractivity contribution in [3.05, 3.63) is 11.8 Å². The third-order valence-corrected chi connectivity index (χ3v) is 1.23. The van der Waals surface area contributed by atoms with Gasteiger partial charge in [-0.05, 0) is 6.92 Å². The maximum atomic E-state index is 10.9. The lowest BCUT2D eigenvalue weighted by molar-refractivity contribution is -0.115. The monoisotopic (exact) mass is 155 g/mol. The molecular weight excluding hydrogens is 146 g/mol. The first kappa shape index (κ1) is 7.59. The second-order valence-corrected chi connectivity index (χ2v) is 2.29. The standard InChI is InChI=1S/C6H9N3O2/c1-4-3-5(10)7-6(11)9(2)8-4/h3,8H,1-2H3,(H,7,10,11). The van der Waals surface area contributed by atoms with Crippen LogP contribution >= 0.6 is 0 Å². The van der Waals surface area contributed by atoms with Crippen LogP contribution < -0.4 is 10.7 Å². The van der Waals surface area contributed by atoms with Gasteiger partial charge in [-0.15, -0.1) is 0 Å². The van der Waals surface area contributed by atoms with Crippen LogP contribution in [0.25, 0.3) is 0 Å². The summed E-state index contributed by atoms with van der Waals surface area (Å²) in [5, 5.41) is 3.34. The minimum Gasteiger partial charge on any atom is -0.299 e. The zero-order chi connectivity index (χ0) is 8.43. The summed E-state index contributed by atoms with van der Waals surface area (Å²) >= 11 is 0. The molecule has 1 rings (SSSR count). The number of hydrogen-bond donors (Lipinski definition) is 2. The van der Waals surface area contributed by atoms with Crippen molar-refractivity contribution in [1.82, 2.24) is 15.8 Å². The fraction of sp³-hybridized carbons (Fsp3) is 0.333. The summed E-state index contributed by atoms with van der Waals surface area (Å²) < 4.78 is 0. The Hall–Kier alpha value is -1.52. The van der Waals surface area contributed by atoms with Crippen molar-refractivity contribution in [3.63, 3.8) is 0 Å². The third-order valence-electron chi connectivity index (χ3n) is 1.23. The van der Waals surface area contributed by atoms with Gasteiger partial charge in [-0.25, -0.2) is 9.80 Å². The number of imide groups is 1. The Bertz CT molecular complexity index is 234. The average molecular weight is 155 g/mol. The molecule has 0 aromatic rings. The zero-order valence-corrected chi connectivity index (χ0v) is 6.34. The summed E-state index contributed by atoms with van der Waals surface area (Å²) in [6, 6.07) is -0.455. The summed E-state index contributed by atoms with van der Waals surface area (Å²) in [5.74, 6) is -0.399. The fourth-order valence-corrected chi connectivity index (χ4v) is 0.770. The molecule has 2 N–H and O–H groups in total. The second kappa shape index (κ2) is 2.61. The van der Waals surface area contributed by atoms with Crippen LogP contribution in [-0.4, -0.2) is 24.0 Å². The highest BCUT2D eigenvalue weighted by molar-refractivity contribution is 6.01. The van der Waals surface area contributed by atoms with Crippen molar-refractivity contribution < 1.29 is 9.59 Å². The Labute approximate surface area is 64.0 Å². The van der Waals surface area contributed by atoms with Gasteiger partial charge in [-0.3, -0.25) is 15.5 Å². The summed E-state index contributed by atoms with van der Waals surface area (Å²) in [6.45, 7) is 1.70. The van der Waals surface area contributed by atoms with E-state index in [9.17, 15) is 9.59 Å². The first-order chi connectivity index (χ1) is 5.09. The van der Waals surface area contributed by atoms with E-state index < -0.39 is 11.9 Å². The summed E-state index contributed by atoms with van der Waals surface area (Å²) in [4.78, 5) is 21.6. The fourth-order valence-electron chi connectivity index (χ4n) is 0.770. The Kier molecular flexibility index (Phi) is 1.80. The zero-order valence-electron chi connectivity index (χ0n) is 6.34. The van der Waals surface area contributed by atoms with E-state index in [1.165, 1.54) is 18.1 Å². The summed E-state index contributed by atoms with van der Waals surface area (Å²) in [6.07, 6.45) is 1.32. The summed E-state index contributed by atoms with van der Waals surface area (Å²) in [7, 11) is 1.53. The van der Waals surface area contributed by atoms with Crippen molar-refractivity contribution in [2.75, 3.05) is 7.05 Å². The molecule has 1 aliphatic heterocycles. The molecule has 1 aliphatic rings. The average Bonchev–Trinajstić information content (AvgIpc) is 1.93. The van der Waals surface area contributed by atoms with Gasteiger partial charge in [0, 0.05) is 18.8 Å². The predicted octanol–water partition coefficient (Wildman–Crippen LogP) is -0.424. The number of rotatable bonds is 0. The van der Waals surface area contributed by atoms with Gasteiger partial charge in [-0.1, -0.05) is 0 Å². The van der Waals surface area contributed by atoms with Gasteiger partial charge >= 0.3 is 6.03 Å². The molecule has 0 radical (unpaired) electrons. The molecule has 0 aromatic carbocycles. The van der Waals surface area contributed by atoms with Crippen molar-refractivity contribution in [1.29, 1.82) is 0 Å². The highest BCUT2D eigenvalue weighted by Gasteiger charge is 2.14. The Morgan fingerprint density at radius 2 is 2.09 bits per heavy atom. The van der Waals surface area contributed by atoms with E-state index in [-0.39, 0.29) is 0 Å². The minimum atomic E-state index is -0.455. The molecule has 1 heterocycles. The molecule has 0 unspecified atom stereocenters. The molecule has 0 spiro atoms. The molecule has 5 heteroatoms. The van der Waals surface area contributed by atoms with Crippen LogP contribution in [0.1, 0.15) is 6.92 Å². The van der Waals surface area contributed by atoms with E-state index in [0.717, 1.165) is 0 Å². The molecule has 3 amide bonds. The Balaban J connectivity index is 2.80. The van der Waals surface area contributed by atoms with E-state index in [0.29, 0.717) is 5.70 Å². The van der Waals surface area contributed by atoms with E-state index in [4.69, 9.17) is 0 Å². The van der Waals surface area contributed by atoms with Gasteiger partial charge in [0.05, 0.1) is 0 Å². The first-order valence-electron chi connectivity index (χ1n) is 3.13. The van der Waals surface area contributed by atoms with Crippen LogP contribution in [0.4, 0.5) is 4.79 Å². The number of carbonyl (C=O) groups is 2. The maximum absolute atomic E-state index is 10.9. The highest BCUT2D eigenvalue weighted by Crippen LogP contribution is 1.93. The lowest BCUT2D eigenvalue weighted by atomic mass is 10.4. The van der Waals surface area contributed by atoms with Gasteiger partial charge in [0.25, 0.3) is 5.91 Å². The number of nitrogens with one attached hydrogen (secondary N) is 2. The van der Waals surface area contributed by atoms with Crippen molar-refractivity contribution >= 4 is 11.9 Å². The van der Waals surface area contributed by atoms with Gasteiger partial charge < -0.3 is 0 Å². The van der Waals surface area contributed by atoms with Crippen LogP contribution in [0, 0.1) is 0 Å². The minimum absolute atomic E-state index is 0.399. The largest absolute Gasteiger partial charge is 0.342 e. The molecular formula is C6H9N3O2. The van der Waals surface area contributed by atoms with Crippen molar-refractivity contribution in [2.45, 2.75) is 6.92 Å². The number of urea groups is 1. The molecule has 60 valence electrons. The van der Waals surface area contributed by atoms with Crippen LogP contribution in [0.3, 0.4) is 0 Å². The number of allylic oxidation sites excluding steroid dienone is 1. The molecule has 0 saturated carbocycles. The Morgan fingerprint density at radius 1 is 1.45 bits per heavy atom. The topological polar surface area (TPSA) is 61.4 Å². The van der Waals surface area contributed by atoms with Crippen molar-refractivity contribution in [3.8, 4) is 0 Å². The number of hydrogen-bond acceptors (Lipinski definition) is 3. The molecule has 0 aliphatic carbocycles. The predicted molar refractivity (Wildman–Crippen MR) is 38.2 cm³/mol. The number of amides is 3. The second-order valence-electron chi connectivity index (χ2n) is 2.29. The van der Waals surface area contributed by atoms with Gasteiger partial charge in [0.15, 0.2) is 0 Å². The van der Waals surface area contributed by atoms with Crippen LogP contribution in [0.2, 0.25) is 0 Å². The van der Waals surface area contributed by atoms with Gasteiger partial charge in [0.1, 0.15) is 0 Å². The molecule has 0 fully saturated rings. The lowest BCUT2D eigenvalue weighted by Gasteiger charge is -2.15. The van der Waals surface area contributed by atoms with Crippen LogP contribution in [0.15, 0.2) is 11.8 Å².